The molecule has 0 atom stereocenters. The Balaban J connectivity index is 1.15. The van der Waals surface area contributed by atoms with Crippen LogP contribution in [-0.2, 0) is 9.53 Å². The summed E-state index contributed by atoms with van der Waals surface area (Å²) < 4.78 is 9.02. The maximum Gasteiger partial charge on any atom is 0.305 e. The van der Waals surface area contributed by atoms with Crippen LogP contribution in [-0.4, -0.2) is 40.2 Å². The van der Waals surface area contributed by atoms with Gasteiger partial charge in [0.05, 0.1) is 17.7 Å². The van der Waals surface area contributed by atoms with Crippen LogP contribution in [0, 0.1) is 33.6 Å². The van der Waals surface area contributed by atoms with Gasteiger partial charge in [0.1, 0.15) is 11.6 Å². The first-order valence-electron chi connectivity index (χ1n) is 18.4. The van der Waals surface area contributed by atoms with E-state index >= 15 is 0 Å². The first kappa shape index (κ1) is 38.4. The minimum Gasteiger partial charge on any atom is -0.465 e. The zero-order chi connectivity index (χ0) is 35.0. The number of aromatic nitrogens is 3. The van der Waals surface area contributed by atoms with Crippen LogP contribution in [0.3, 0.4) is 0 Å². The molecule has 264 valence electrons. The maximum absolute atomic E-state index is 12.4. The summed E-state index contributed by atoms with van der Waals surface area (Å²) in [6, 6.07) is 4.31. The van der Waals surface area contributed by atoms with Crippen molar-refractivity contribution in [2.75, 3.05) is 24.6 Å². The van der Waals surface area contributed by atoms with Crippen LogP contribution in [0.5, 0.6) is 0 Å². The Morgan fingerprint density at radius 2 is 1.43 bits per heavy atom. The predicted octanol–water partition coefficient (Wildman–Crippen LogP) is 11.3. The molecule has 0 unspecified atom stereocenters. The van der Waals surface area contributed by atoms with Crippen LogP contribution in [0.2, 0.25) is 0 Å². The summed E-state index contributed by atoms with van der Waals surface area (Å²) in [4.78, 5) is 24.7. The highest BCUT2D eigenvalue weighted by molar-refractivity contribution is 9.10. The monoisotopic (exact) mass is 728 g/mol. The lowest BCUT2D eigenvalue weighted by atomic mass is 9.97. The average molecular weight is 730 g/mol. The predicted molar refractivity (Wildman–Crippen MR) is 210 cm³/mol. The Bertz CT molecular complexity index is 1600. The number of carbonyl (C=O) groups excluding carboxylic acids is 1. The minimum atomic E-state index is -0.0815. The number of hydrogen-bond acceptors (Lipinski definition) is 5. The van der Waals surface area contributed by atoms with Gasteiger partial charge in [0.15, 0.2) is 5.65 Å². The Morgan fingerprint density at radius 3 is 2.04 bits per heavy atom. The molecule has 0 saturated carbocycles. The molecule has 3 heterocycles. The van der Waals surface area contributed by atoms with E-state index in [-0.39, 0.29) is 5.97 Å². The largest absolute Gasteiger partial charge is 0.465 e. The number of anilines is 1. The molecular weight excluding hydrogens is 672 g/mol. The number of allylic oxidation sites excluding steroid dienone is 8. The number of hydrogen-bond donors (Lipinski definition) is 0. The van der Waals surface area contributed by atoms with Crippen molar-refractivity contribution in [1.82, 2.24) is 14.5 Å². The van der Waals surface area contributed by atoms with E-state index in [1.54, 1.807) is 0 Å². The molecule has 0 N–H and O–H groups in total. The Morgan fingerprint density at radius 1 is 0.837 bits per heavy atom. The number of halogens is 1. The first-order chi connectivity index (χ1) is 23.8. The number of rotatable bonds is 18. The van der Waals surface area contributed by atoms with Gasteiger partial charge in [-0.05, 0) is 120 Å². The van der Waals surface area contributed by atoms with Crippen molar-refractivity contribution in [1.29, 1.82) is 0 Å². The molecule has 49 heavy (non-hydrogen) atoms. The summed E-state index contributed by atoms with van der Waals surface area (Å²) in [6.45, 7) is 13.0. The summed E-state index contributed by atoms with van der Waals surface area (Å²) in [6.07, 6.45) is 32.2. The second-order valence-corrected chi connectivity index (χ2v) is 14.4. The number of carbonyl (C=O) groups is 1. The highest BCUT2D eigenvalue weighted by Crippen LogP contribution is 2.35. The third kappa shape index (κ3) is 11.8. The van der Waals surface area contributed by atoms with Crippen molar-refractivity contribution in [3.63, 3.8) is 0 Å². The van der Waals surface area contributed by atoms with Gasteiger partial charge in [0.25, 0.3) is 0 Å². The van der Waals surface area contributed by atoms with Crippen LogP contribution in [0.1, 0.15) is 106 Å². The van der Waals surface area contributed by atoms with E-state index in [9.17, 15) is 4.79 Å². The quantitative estimate of drug-likeness (QED) is 0.0741. The number of benzene rings is 1. The summed E-state index contributed by atoms with van der Waals surface area (Å²) >= 11 is 3.64. The molecule has 6 nitrogen and oxygen atoms in total. The third-order valence-electron chi connectivity index (χ3n) is 9.23. The van der Waals surface area contributed by atoms with Crippen molar-refractivity contribution in [2.24, 2.45) is 5.92 Å². The zero-order valence-electron chi connectivity index (χ0n) is 30.5. The van der Waals surface area contributed by atoms with Crippen molar-refractivity contribution in [2.45, 2.75) is 112 Å². The van der Waals surface area contributed by atoms with Crippen molar-refractivity contribution in [3.8, 4) is 5.69 Å². The van der Waals surface area contributed by atoms with E-state index in [0.29, 0.717) is 18.9 Å². The third-order valence-corrected chi connectivity index (χ3v) is 9.69. The molecule has 0 amide bonds. The molecule has 0 spiro atoms. The van der Waals surface area contributed by atoms with Gasteiger partial charge in [0, 0.05) is 30.2 Å². The fourth-order valence-corrected chi connectivity index (χ4v) is 7.28. The topological polar surface area (TPSA) is 60.2 Å². The van der Waals surface area contributed by atoms with Gasteiger partial charge < -0.3 is 14.2 Å². The fourth-order valence-electron chi connectivity index (χ4n) is 6.59. The first-order valence-corrected chi connectivity index (χ1v) is 19.2. The highest BCUT2D eigenvalue weighted by atomic mass is 79.9. The van der Waals surface area contributed by atoms with Crippen LogP contribution in [0.4, 0.5) is 5.82 Å². The fraction of sp³-hybridized carbons (Fsp3) is 0.500. The molecule has 3 aromatic rings. The SMILES string of the molecule is CCCCC/C=C\C/C=C\C/C=C\C/C=C\CCCC(=O)OCC1CCN(c2nc(C)nc3c2c(C)cn3-c2c(C)cc(Br)cc2C)CC1. The standard InChI is InChI=1S/C42H57BrN4O2/c1-6-7-8-9-10-11-12-13-14-15-16-17-18-19-20-21-22-23-38(48)49-31-36-24-26-46(27-25-36)41-39-34(4)30-47(42(39)45-35(5)44-41)40-32(2)28-37(43)29-33(40)3/h10-11,13-14,16-17,19-20,28-30,36H,6-9,12,15,18,21-27,31H2,1-5H3/b11-10-,14-13-,17-16-,20-19-. The summed E-state index contributed by atoms with van der Waals surface area (Å²) in [7, 11) is 0. The number of fused-ring (bicyclic) bond motifs is 1. The number of piperidine rings is 1. The molecular formula is C42H57BrN4O2. The van der Waals surface area contributed by atoms with Crippen molar-refractivity contribution >= 4 is 38.8 Å². The number of nitrogens with zero attached hydrogens (tertiary/aromatic N) is 4. The molecule has 0 aliphatic carbocycles. The molecule has 7 heteroatoms. The molecule has 1 saturated heterocycles. The van der Waals surface area contributed by atoms with Gasteiger partial charge in [-0.25, -0.2) is 9.97 Å². The van der Waals surface area contributed by atoms with Gasteiger partial charge in [-0.15, -0.1) is 0 Å². The van der Waals surface area contributed by atoms with Gasteiger partial charge in [-0.3, -0.25) is 4.79 Å². The minimum absolute atomic E-state index is 0.0815. The van der Waals surface area contributed by atoms with Crippen molar-refractivity contribution < 1.29 is 9.53 Å². The van der Waals surface area contributed by atoms with Gasteiger partial charge in [0.2, 0.25) is 0 Å². The van der Waals surface area contributed by atoms with E-state index in [1.807, 2.05) is 6.92 Å². The van der Waals surface area contributed by atoms with E-state index in [0.717, 1.165) is 85.2 Å². The summed E-state index contributed by atoms with van der Waals surface area (Å²) in [5.74, 6) is 2.09. The number of esters is 1. The van der Waals surface area contributed by atoms with Gasteiger partial charge >= 0.3 is 5.97 Å². The lowest BCUT2D eigenvalue weighted by molar-refractivity contribution is -0.145. The van der Waals surface area contributed by atoms with E-state index < -0.39 is 0 Å². The van der Waals surface area contributed by atoms with Gasteiger partial charge in [-0.1, -0.05) is 84.3 Å². The van der Waals surface area contributed by atoms with Gasteiger partial charge in [-0.2, -0.15) is 0 Å². The lowest BCUT2D eigenvalue weighted by Gasteiger charge is -2.33. The average Bonchev–Trinajstić information content (AvgIpc) is 3.39. The number of unbranched alkanes of at least 4 members (excludes halogenated alkanes) is 4. The van der Waals surface area contributed by atoms with E-state index in [4.69, 9.17) is 14.7 Å². The van der Waals surface area contributed by atoms with Crippen LogP contribution >= 0.6 is 15.9 Å². The molecule has 1 fully saturated rings. The molecule has 0 bridgehead atoms. The summed E-state index contributed by atoms with van der Waals surface area (Å²) in [5.41, 5.74) is 5.70. The van der Waals surface area contributed by atoms with Crippen LogP contribution in [0.25, 0.3) is 16.7 Å². The Kier molecular flexibility index (Phi) is 15.9. The molecule has 1 aromatic carbocycles. The second kappa shape index (κ2) is 20.3. The highest BCUT2D eigenvalue weighted by Gasteiger charge is 2.25. The molecule has 1 aliphatic heterocycles. The molecule has 1 aliphatic rings. The van der Waals surface area contributed by atoms with Crippen molar-refractivity contribution in [3.05, 3.63) is 93.9 Å². The van der Waals surface area contributed by atoms with Crippen LogP contribution in [0.15, 0.2) is 71.4 Å². The van der Waals surface area contributed by atoms with E-state index in [2.05, 4.69) is 120 Å². The smallest absolute Gasteiger partial charge is 0.305 e. The Labute approximate surface area is 303 Å². The maximum atomic E-state index is 12.4. The molecule has 2 aromatic heterocycles. The normalized spacial score (nSPS) is 14.5. The number of ether oxygens (including phenoxy) is 1. The lowest BCUT2D eigenvalue weighted by Crippen LogP contribution is -2.36. The Hall–Kier alpha value is -3.45. The van der Waals surface area contributed by atoms with Crippen LogP contribution < -0.4 is 4.90 Å². The molecule has 4 rings (SSSR count). The second-order valence-electron chi connectivity index (χ2n) is 13.5. The molecule has 0 radical (unpaired) electrons. The summed E-state index contributed by atoms with van der Waals surface area (Å²) in [5, 5.41) is 1.12. The van der Waals surface area contributed by atoms with E-state index in [1.165, 1.54) is 48.1 Å². The zero-order valence-corrected chi connectivity index (χ0v) is 32.1. The number of aryl methyl sites for hydroxylation is 4.